The van der Waals surface area contributed by atoms with E-state index in [9.17, 15) is 10.1 Å². The summed E-state index contributed by atoms with van der Waals surface area (Å²) in [6.07, 6.45) is 0. The van der Waals surface area contributed by atoms with Gasteiger partial charge in [0.25, 0.3) is 5.69 Å². The van der Waals surface area contributed by atoms with Crippen LogP contribution in [0.5, 0.6) is 0 Å². The standard InChI is InChI=1S/C14H12N6O2/c21-20(22)13-8-4-5-11(9-13)15-10-14-16-17-18-19(14)12-6-2-1-3-7-12/h1-9,15H,10H2. The van der Waals surface area contributed by atoms with Gasteiger partial charge in [-0.15, -0.1) is 5.10 Å². The zero-order valence-corrected chi connectivity index (χ0v) is 11.5. The lowest BCUT2D eigenvalue weighted by Crippen LogP contribution is -2.08. The number of nitro groups is 1. The second-order valence-electron chi connectivity index (χ2n) is 4.50. The highest BCUT2D eigenvalue weighted by Crippen LogP contribution is 2.17. The number of nitro benzene ring substituents is 1. The maximum Gasteiger partial charge on any atom is 0.271 e. The molecule has 0 spiro atoms. The first-order valence-corrected chi connectivity index (χ1v) is 6.55. The van der Waals surface area contributed by atoms with Gasteiger partial charge in [0.1, 0.15) is 0 Å². The highest BCUT2D eigenvalue weighted by Gasteiger charge is 2.09. The van der Waals surface area contributed by atoms with Gasteiger partial charge in [-0.2, -0.15) is 4.68 Å². The predicted molar refractivity (Wildman–Crippen MR) is 79.6 cm³/mol. The Bertz CT molecular complexity index is 787. The summed E-state index contributed by atoms with van der Waals surface area (Å²) >= 11 is 0. The van der Waals surface area contributed by atoms with Crippen LogP contribution < -0.4 is 5.32 Å². The van der Waals surface area contributed by atoms with Crippen molar-refractivity contribution in [3.05, 3.63) is 70.5 Å². The molecule has 0 aliphatic carbocycles. The number of hydrogen-bond acceptors (Lipinski definition) is 6. The highest BCUT2D eigenvalue weighted by molar-refractivity contribution is 5.51. The Balaban J connectivity index is 1.77. The van der Waals surface area contributed by atoms with Crippen LogP contribution in [0.1, 0.15) is 5.82 Å². The van der Waals surface area contributed by atoms with E-state index < -0.39 is 4.92 Å². The van der Waals surface area contributed by atoms with Crippen LogP contribution in [-0.2, 0) is 6.54 Å². The zero-order chi connectivity index (χ0) is 15.4. The molecule has 3 rings (SSSR count). The molecule has 1 heterocycles. The van der Waals surface area contributed by atoms with Gasteiger partial charge in [-0.05, 0) is 28.6 Å². The highest BCUT2D eigenvalue weighted by atomic mass is 16.6. The van der Waals surface area contributed by atoms with E-state index >= 15 is 0 Å². The number of anilines is 1. The van der Waals surface area contributed by atoms with E-state index in [1.165, 1.54) is 12.1 Å². The summed E-state index contributed by atoms with van der Waals surface area (Å²) in [7, 11) is 0. The van der Waals surface area contributed by atoms with Crippen LogP contribution in [0.3, 0.4) is 0 Å². The molecule has 110 valence electrons. The molecular weight excluding hydrogens is 284 g/mol. The van der Waals surface area contributed by atoms with Crippen molar-refractivity contribution in [2.24, 2.45) is 0 Å². The largest absolute Gasteiger partial charge is 0.377 e. The predicted octanol–water partition coefficient (Wildman–Crippen LogP) is 2.18. The van der Waals surface area contributed by atoms with E-state index in [4.69, 9.17) is 0 Å². The van der Waals surface area contributed by atoms with Gasteiger partial charge in [0.05, 0.1) is 17.2 Å². The van der Waals surface area contributed by atoms with E-state index in [0.717, 1.165) is 5.69 Å². The van der Waals surface area contributed by atoms with E-state index in [1.54, 1.807) is 16.8 Å². The van der Waals surface area contributed by atoms with Crippen molar-refractivity contribution in [3.8, 4) is 5.69 Å². The van der Waals surface area contributed by atoms with E-state index in [-0.39, 0.29) is 5.69 Å². The minimum atomic E-state index is -0.431. The molecule has 0 aliphatic rings. The first kappa shape index (κ1) is 13.7. The molecule has 2 aromatic carbocycles. The molecule has 22 heavy (non-hydrogen) atoms. The van der Waals surface area contributed by atoms with Crippen molar-refractivity contribution in [2.45, 2.75) is 6.54 Å². The number of benzene rings is 2. The van der Waals surface area contributed by atoms with Gasteiger partial charge in [0.15, 0.2) is 5.82 Å². The molecule has 0 radical (unpaired) electrons. The number of tetrazole rings is 1. The minimum absolute atomic E-state index is 0.0349. The Kier molecular flexibility index (Phi) is 3.73. The molecule has 1 aromatic heterocycles. The molecule has 1 N–H and O–H groups in total. The monoisotopic (exact) mass is 296 g/mol. The average Bonchev–Trinajstić information content (AvgIpc) is 3.02. The van der Waals surface area contributed by atoms with Gasteiger partial charge in [-0.25, -0.2) is 0 Å². The second-order valence-corrected chi connectivity index (χ2v) is 4.50. The molecule has 0 saturated heterocycles. The summed E-state index contributed by atoms with van der Waals surface area (Å²) in [5.41, 5.74) is 1.52. The van der Waals surface area contributed by atoms with Crippen molar-refractivity contribution in [2.75, 3.05) is 5.32 Å². The lowest BCUT2D eigenvalue weighted by atomic mass is 10.3. The van der Waals surface area contributed by atoms with Crippen LogP contribution in [0.25, 0.3) is 5.69 Å². The number of aromatic nitrogens is 4. The number of hydrogen-bond donors (Lipinski definition) is 1. The van der Waals surface area contributed by atoms with E-state index in [1.807, 2.05) is 30.3 Å². The topological polar surface area (TPSA) is 98.8 Å². The minimum Gasteiger partial charge on any atom is -0.377 e. The third-order valence-corrected chi connectivity index (χ3v) is 3.04. The van der Waals surface area contributed by atoms with Gasteiger partial charge in [-0.1, -0.05) is 24.3 Å². The van der Waals surface area contributed by atoms with Gasteiger partial charge in [0.2, 0.25) is 0 Å². The van der Waals surface area contributed by atoms with E-state index in [0.29, 0.717) is 18.1 Å². The van der Waals surface area contributed by atoms with Crippen molar-refractivity contribution < 1.29 is 4.92 Å². The number of non-ortho nitro benzene ring substituents is 1. The summed E-state index contributed by atoms with van der Waals surface area (Å²) in [6.45, 7) is 0.350. The molecule has 0 fully saturated rings. The fourth-order valence-corrected chi connectivity index (χ4v) is 2.00. The quantitative estimate of drug-likeness (QED) is 0.572. The second kappa shape index (κ2) is 6.00. The Morgan fingerprint density at radius 2 is 1.95 bits per heavy atom. The van der Waals surface area contributed by atoms with Gasteiger partial charge in [-0.3, -0.25) is 10.1 Å². The normalized spacial score (nSPS) is 10.4. The maximum atomic E-state index is 10.8. The smallest absolute Gasteiger partial charge is 0.271 e. The Labute approximate surface area is 125 Å². The van der Waals surface area contributed by atoms with Crippen LogP contribution in [0, 0.1) is 10.1 Å². The maximum absolute atomic E-state index is 10.8. The Morgan fingerprint density at radius 3 is 2.73 bits per heavy atom. The molecule has 0 unspecified atom stereocenters. The first-order chi connectivity index (χ1) is 10.7. The van der Waals surface area contributed by atoms with Gasteiger partial charge >= 0.3 is 0 Å². The summed E-state index contributed by atoms with van der Waals surface area (Å²) in [5.74, 6) is 0.609. The molecule has 0 saturated carbocycles. The molecule has 0 amide bonds. The van der Waals surface area contributed by atoms with E-state index in [2.05, 4.69) is 20.8 Å². The molecular formula is C14H12N6O2. The summed E-state index contributed by atoms with van der Waals surface area (Å²) in [6, 6.07) is 15.8. The molecule has 3 aromatic rings. The number of rotatable bonds is 5. The number of nitrogens with zero attached hydrogens (tertiary/aromatic N) is 5. The third kappa shape index (κ3) is 2.90. The Hall–Kier alpha value is -3.29. The SMILES string of the molecule is O=[N+]([O-])c1cccc(NCc2nnnn2-c2ccccc2)c1. The van der Waals surface area contributed by atoms with Gasteiger partial charge < -0.3 is 5.32 Å². The van der Waals surface area contributed by atoms with Gasteiger partial charge in [0, 0.05) is 17.8 Å². The molecule has 0 atom stereocenters. The lowest BCUT2D eigenvalue weighted by Gasteiger charge is -2.07. The molecule has 0 aliphatic heterocycles. The van der Waals surface area contributed by atoms with Crippen molar-refractivity contribution >= 4 is 11.4 Å². The van der Waals surface area contributed by atoms with Crippen LogP contribution in [0.2, 0.25) is 0 Å². The van der Waals surface area contributed by atoms with Crippen LogP contribution in [-0.4, -0.2) is 25.1 Å². The van der Waals surface area contributed by atoms with Crippen LogP contribution in [0.15, 0.2) is 54.6 Å². The van der Waals surface area contributed by atoms with Crippen molar-refractivity contribution in [1.29, 1.82) is 0 Å². The number of nitrogens with one attached hydrogen (secondary N) is 1. The lowest BCUT2D eigenvalue weighted by molar-refractivity contribution is -0.384. The van der Waals surface area contributed by atoms with Crippen LogP contribution >= 0.6 is 0 Å². The summed E-state index contributed by atoms with van der Waals surface area (Å²) < 4.78 is 1.62. The first-order valence-electron chi connectivity index (χ1n) is 6.55. The fraction of sp³-hybridized carbons (Fsp3) is 0.0714. The zero-order valence-electron chi connectivity index (χ0n) is 11.5. The van der Waals surface area contributed by atoms with Crippen LogP contribution in [0.4, 0.5) is 11.4 Å². The molecule has 8 heteroatoms. The molecule has 0 bridgehead atoms. The average molecular weight is 296 g/mol. The van der Waals surface area contributed by atoms with Crippen molar-refractivity contribution in [1.82, 2.24) is 20.2 Å². The third-order valence-electron chi connectivity index (χ3n) is 3.04. The Morgan fingerprint density at radius 1 is 1.14 bits per heavy atom. The fourth-order valence-electron chi connectivity index (χ4n) is 2.00. The molecule has 8 nitrogen and oxygen atoms in total. The van der Waals surface area contributed by atoms with Crippen molar-refractivity contribution in [3.63, 3.8) is 0 Å². The summed E-state index contributed by atoms with van der Waals surface area (Å²) in [5, 5.41) is 25.4. The number of para-hydroxylation sites is 1. The summed E-state index contributed by atoms with van der Waals surface area (Å²) in [4.78, 5) is 10.3.